The molecule has 0 radical (unpaired) electrons. The third-order valence-corrected chi connectivity index (χ3v) is 8.75. The van der Waals surface area contributed by atoms with Crippen LogP contribution in [-0.2, 0) is 16.0 Å². The molecule has 1 aliphatic heterocycles. The monoisotopic (exact) mass is 538 g/mol. The first kappa shape index (κ1) is 28.3. The van der Waals surface area contributed by atoms with Crippen molar-refractivity contribution in [1.82, 2.24) is 9.97 Å². The van der Waals surface area contributed by atoms with Crippen LogP contribution in [0.25, 0.3) is 11.3 Å². The van der Waals surface area contributed by atoms with Gasteiger partial charge in [-0.15, -0.1) is 0 Å². The van der Waals surface area contributed by atoms with Crippen LogP contribution in [0.4, 0.5) is 5.82 Å². The smallest absolute Gasteiger partial charge is 0.309 e. The van der Waals surface area contributed by atoms with Crippen molar-refractivity contribution in [3.05, 3.63) is 41.2 Å². The molecule has 1 aliphatic carbocycles. The minimum Gasteiger partial charge on any atom is -0.481 e. The number of aliphatic carboxylic acids is 1. The van der Waals surface area contributed by atoms with E-state index in [-0.39, 0.29) is 0 Å². The highest BCUT2D eigenvalue weighted by atomic mass is 35.5. The number of anilines is 1. The fourth-order valence-corrected chi connectivity index (χ4v) is 5.72. The van der Waals surface area contributed by atoms with Gasteiger partial charge in [-0.1, -0.05) is 30.5 Å². The molecule has 2 aromatic heterocycles. The van der Waals surface area contributed by atoms with Crippen LogP contribution in [0.2, 0.25) is 5.02 Å². The maximum atomic E-state index is 11.4. The molecule has 0 bridgehead atoms. The van der Waals surface area contributed by atoms with Crippen LogP contribution in [0.3, 0.4) is 0 Å². The zero-order chi connectivity index (χ0) is 27.2. The first-order chi connectivity index (χ1) is 18.2. The first-order valence-electron chi connectivity index (χ1n) is 13.8. The van der Waals surface area contributed by atoms with E-state index in [9.17, 15) is 15.2 Å². The van der Waals surface area contributed by atoms with Crippen LogP contribution in [0, 0.1) is 34.0 Å². The van der Waals surface area contributed by atoms with Gasteiger partial charge in [0, 0.05) is 37.2 Å². The number of nitrogens with one attached hydrogen (secondary N) is 1. The lowest BCUT2D eigenvalue weighted by Gasteiger charge is -2.30. The summed E-state index contributed by atoms with van der Waals surface area (Å²) in [7, 11) is 0. The summed E-state index contributed by atoms with van der Waals surface area (Å²) in [4.78, 5) is 20.8. The Labute approximate surface area is 231 Å². The van der Waals surface area contributed by atoms with E-state index >= 15 is 0 Å². The van der Waals surface area contributed by atoms with Gasteiger partial charge in [0.25, 0.3) is 0 Å². The number of nitriles is 1. The Kier molecular flexibility index (Phi) is 9.27. The van der Waals surface area contributed by atoms with Gasteiger partial charge in [0.15, 0.2) is 0 Å². The third kappa shape index (κ3) is 7.24. The number of pyridine rings is 2. The molecule has 0 spiro atoms. The zero-order valence-electron chi connectivity index (χ0n) is 22.5. The number of halogens is 1. The van der Waals surface area contributed by atoms with E-state index in [1.165, 1.54) is 0 Å². The number of carbonyl (C=O) groups is 1. The van der Waals surface area contributed by atoms with E-state index in [0.717, 1.165) is 80.6 Å². The quantitative estimate of drug-likeness (QED) is 0.343. The molecular weight excluding hydrogens is 500 g/mol. The predicted octanol–water partition coefficient (Wildman–Crippen LogP) is 6.77. The number of aromatic nitrogens is 2. The summed E-state index contributed by atoms with van der Waals surface area (Å²) in [5.74, 6) is 1.20. The van der Waals surface area contributed by atoms with E-state index < -0.39 is 16.8 Å². The highest BCUT2D eigenvalue weighted by Crippen LogP contribution is 2.37. The maximum absolute atomic E-state index is 11.4. The molecule has 2 aliphatic rings. The van der Waals surface area contributed by atoms with Crippen molar-refractivity contribution in [2.24, 2.45) is 22.7 Å². The Morgan fingerprint density at radius 3 is 2.63 bits per heavy atom. The fraction of sp³-hybridized carbons (Fsp3) is 0.600. The van der Waals surface area contributed by atoms with E-state index in [2.05, 4.69) is 22.4 Å². The topological polar surface area (TPSA) is 108 Å². The molecule has 8 heteroatoms. The van der Waals surface area contributed by atoms with Crippen molar-refractivity contribution in [3.8, 4) is 17.3 Å². The average molecular weight is 539 g/mol. The van der Waals surface area contributed by atoms with Crippen LogP contribution in [0.5, 0.6) is 0 Å². The summed E-state index contributed by atoms with van der Waals surface area (Å²) >= 11 is 6.56. The second-order valence-corrected chi connectivity index (χ2v) is 12.1. The Balaban J connectivity index is 1.35. The molecule has 1 saturated heterocycles. The van der Waals surface area contributed by atoms with Crippen LogP contribution in [-0.4, -0.2) is 40.8 Å². The Hall–Kier alpha value is -2.69. The molecule has 2 fully saturated rings. The van der Waals surface area contributed by atoms with Crippen molar-refractivity contribution in [1.29, 1.82) is 5.26 Å². The summed E-state index contributed by atoms with van der Waals surface area (Å²) in [6.07, 6.45) is 10.3. The van der Waals surface area contributed by atoms with Crippen LogP contribution >= 0.6 is 11.6 Å². The van der Waals surface area contributed by atoms with Crippen molar-refractivity contribution < 1.29 is 14.6 Å². The normalized spacial score (nSPS) is 21.4. The van der Waals surface area contributed by atoms with Gasteiger partial charge in [0.05, 0.1) is 27.6 Å². The van der Waals surface area contributed by atoms with E-state index in [0.29, 0.717) is 36.6 Å². The first-order valence-corrected chi connectivity index (χ1v) is 14.2. The summed E-state index contributed by atoms with van der Waals surface area (Å²) in [6, 6.07) is 10.4. The van der Waals surface area contributed by atoms with Gasteiger partial charge in [0.1, 0.15) is 5.82 Å². The van der Waals surface area contributed by atoms with Gasteiger partial charge in [0.2, 0.25) is 0 Å². The molecule has 1 saturated carbocycles. The lowest BCUT2D eigenvalue weighted by Crippen LogP contribution is -2.34. The van der Waals surface area contributed by atoms with E-state index in [1.54, 1.807) is 6.20 Å². The molecule has 3 heterocycles. The second-order valence-electron chi connectivity index (χ2n) is 11.7. The maximum Gasteiger partial charge on any atom is 0.309 e. The molecule has 0 aromatic carbocycles. The molecule has 2 N–H and O–H groups in total. The summed E-state index contributed by atoms with van der Waals surface area (Å²) in [5, 5.41) is 23.0. The van der Waals surface area contributed by atoms with Gasteiger partial charge in [-0.3, -0.25) is 9.78 Å². The predicted molar refractivity (Wildman–Crippen MR) is 149 cm³/mol. The van der Waals surface area contributed by atoms with Crippen LogP contribution in [0.1, 0.15) is 70.9 Å². The summed E-state index contributed by atoms with van der Waals surface area (Å²) in [6.45, 7) is 5.40. The lowest BCUT2D eigenvalue weighted by atomic mass is 9.75. The molecule has 7 nitrogen and oxygen atoms in total. The highest BCUT2D eigenvalue weighted by Gasteiger charge is 2.33. The average Bonchev–Trinajstić information content (AvgIpc) is 2.93. The highest BCUT2D eigenvalue weighted by molar-refractivity contribution is 6.33. The molecule has 4 rings (SSSR count). The fourth-order valence-electron chi connectivity index (χ4n) is 5.51. The Bertz CT molecular complexity index is 1150. The number of carboxylic acid groups (broad SMARTS) is 1. The Morgan fingerprint density at radius 2 is 1.95 bits per heavy atom. The molecule has 0 unspecified atom stereocenters. The molecule has 2 aromatic rings. The molecule has 0 amide bonds. The number of carboxylic acids is 1. The van der Waals surface area contributed by atoms with Gasteiger partial charge in [-0.05, 0) is 88.8 Å². The number of ether oxygens (including phenoxy) is 1. The van der Waals surface area contributed by atoms with Crippen molar-refractivity contribution in [3.63, 3.8) is 0 Å². The molecule has 38 heavy (non-hydrogen) atoms. The van der Waals surface area contributed by atoms with E-state index in [4.69, 9.17) is 21.3 Å². The SMILES string of the molecule is CC(C)(CCC1CCC(Cc2cc(-c3cccc(NCC4(C#N)CCOCC4)n3)c(Cl)cn2)CC1)C(=O)O. The van der Waals surface area contributed by atoms with Crippen molar-refractivity contribution in [2.75, 3.05) is 25.1 Å². The van der Waals surface area contributed by atoms with Crippen molar-refractivity contribution in [2.45, 2.75) is 71.6 Å². The number of hydrogen-bond acceptors (Lipinski definition) is 6. The molecule has 0 atom stereocenters. The summed E-state index contributed by atoms with van der Waals surface area (Å²) in [5.41, 5.74) is 1.59. The van der Waals surface area contributed by atoms with Gasteiger partial charge in [-0.25, -0.2) is 4.98 Å². The molecule has 204 valence electrons. The van der Waals surface area contributed by atoms with Crippen molar-refractivity contribution >= 4 is 23.4 Å². The minimum atomic E-state index is -0.711. The minimum absolute atomic E-state index is 0.428. The lowest BCUT2D eigenvalue weighted by molar-refractivity contribution is -0.147. The second kappa shape index (κ2) is 12.4. The summed E-state index contributed by atoms with van der Waals surface area (Å²) < 4.78 is 5.44. The Morgan fingerprint density at radius 1 is 1.24 bits per heavy atom. The third-order valence-electron chi connectivity index (χ3n) is 8.45. The molecular formula is C30H39ClN4O3. The number of hydrogen-bond donors (Lipinski definition) is 2. The van der Waals surface area contributed by atoms with Crippen LogP contribution in [0.15, 0.2) is 30.5 Å². The van der Waals surface area contributed by atoms with Gasteiger partial charge in [-0.2, -0.15) is 5.26 Å². The largest absolute Gasteiger partial charge is 0.481 e. The zero-order valence-corrected chi connectivity index (χ0v) is 23.3. The number of nitrogens with zero attached hydrogens (tertiary/aromatic N) is 3. The standard InChI is InChI=1S/C30H39ClN4O3/c1-29(2,28(36)37)11-10-21-6-8-22(9-7-21)16-23-17-24(25(31)18-33-23)26-4-3-5-27(35-26)34-20-30(19-32)12-14-38-15-13-30/h3-5,17-18,21-22H,6-16,20H2,1-2H3,(H,34,35)(H,36,37). The number of rotatable bonds is 10. The van der Waals surface area contributed by atoms with Crippen LogP contribution < -0.4 is 5.32 Å². The van der Waals surface area contributed by atoms with Gasteiger partial charge >= 0.3 is 5.97 Å². The van der Waals surface area contributed by atoms with E-state index in [1.807, 2.05) is 32.0 Å². The van der Waals surface area contributed by atoms with Gasteiger partial charge < -0.3 is 15.2 Å².